The normalized spacial score (nSPS) is 23.6. The minimum atomic E-state index is -1.11. The molecule has 0 radical (unpaired) electrons. The van der Waals surface area contributed by atoms with Crippen molar-refractivity contribution >= 4 is 51.9 Å². The molecule has 5 aliphatic rings. The average Bonchev–Trinajstić information content (AvgIpc) is 3.51. The quantitative estimate of drug-likeness (QED) is 0.222. The molecule has 1 saturated carbocycles. The minimum absolute atomic E-state index is 0.0123. The third-order valence-electron chi connectivity index (χ3n) is 13.9. The third-order valence-corrected chi connectivity index (χ3v) is 13.9. The first kappa shape index (κ1) is 41.9. The van der Waals surface area contributed by atoms with E-state index in [1.165, 1.54) is 6.07 Å². The Morgan fingerprint density at radius 1 is 0.905 bits per heavy atom. The van der Waals surface area contributed by atoms with E-state index in [2.05, 4.69) is 59.2 Å². The summed E-state index contributed by atoms with van der Waals surface area (Å²) in [4.78, 5) is 80.7. The zero-order valence-electron chi connectivity index (χ0n) is 35.8. The maximum Gasteiger partial charge on any atom is 0.262 e. The van der Waals surface area contributed by atoms with Crippen LogP contribution in [0.5, 0.6) is 5.75 Å². The number of nitrogens with zero attached hydrogens (tertiary/aromatic N) is 7. The molecule has 326 valence electrons. The number of fused-ring (bicyclic) bond motifs is 2. The molecule has 3 saturated heterocycles. The molecule has 0 bridgehead atoms. The van der Waals surface area contributed by atoms with Gasteiger partial charge in [-0.3, -0.25) is 44.1 Å². The van der Waals surface area contributed by atoms with E-state index in [1.807, 2.05) is 35.2 Å². The molecule has 16 heteroatoms. The monoisotopic (exact) mass is 855 g/mol. The number of halogens is 1. The molecule has 1 aliphatic carbocycles. The van der Waals surface area contributed by atoms with Gasteiger partial charge >= 0.3 is 0 Å². The maximum absolute atomic E-state index is 15.5. The lowest BCUT2D eigenvalue weighted by Gasteiger charge is -2.63. The highest BCUT2D eigenvalue weighted by molar-refractivity contribution is 6.23. The van der Waals surface area contributed by atoms with Crippen molar-refractivity contribution in [2.24, 2.45) is 16.7 Å². The number of nitriles is 1. The van der Waals surface area contributed by atoms with Crippen LogP contribution in [-0.4, -0.2) is 113 Å². The van der Waals surface area contributed by atoms with Crippen LogP contribution in [0.2, 0.25) is 0 Å². The van der Waals surface area contributed by atoms with E-state index in [1.54, 1.807) is 18.5 Å². The molecule has 4 aliphatic heterocycles. The highest BCUT2D eigenvalue weighted by atomic mass is 19.1. The Balaban J connectivity index is 0.748. The van der Waals surface area contributed by atoms with Crippen LogP contribution in [-0.2, 0) is 9.59 Å². The number of imide groups is 2. The number of anilines is 2. The van der Waals surface area contributed by atoms with Gasteiger partial charge in [-0.2, -0.15) is 5.26 Å². The van der Waals surface area contributed by atoms with Gasteiger partial charge in [0.2, 0.25) is 11.8 Å². The Bertz CT molecular complexity index is 2560. The Labute approximate surface area is 364 Å². The van der Waals surface area contributed by atoms with Gasteiger partial charge in [0.15, 0.2) is 0 Å². The van der Waals surface area contributed by atoms with Crippen molar-refractivity contribution in [1.29, 1.82) is 5.26 Å². The van der Waals surface area contributed by atoms with Gasteiger partial charge < -0.3 is 19.9 Å². The van der Waals surface area contributed by atoms with Gasteiger partial charge in [-0.1, -0.05) is 27.7 Å². The van der Waals surface area contributed by atoms with Gasteiger partial charge in [-0.15, -0.1) is 0 Å². The number of rotatable bonds is 9. The Morgan fingerprint density at radius 2 is 1.62 bits per heavy atom. The van der Waals surface area contributed by atoms with Crippen molar-refractivity contribution in [3.63, 3.8) is 0 Å². The largest absolute Gasteiger partial charge is 0.488 e. The SMILES string of the molecule is CC1(C)C(NC(=O)c2ccc(N3CCC(CN4CCN(c5cc6c(cc5F)C(=O)N(C5CCC(=O)NC5=O)C6=O)CC4)CC3)nc2)C(C)(C)C1Oc1ccc(C#N)c2ncccc12. The van der Waals surface area contributed by atoms with E-state index >= 15 is 4.39 Å². The summed E-state index contributed by atoms with van der Waals surface area (Å²) in [5.41, 5.74) is 1.03. The fourth-order valence-corrected chi connectivity index (χ4v) is 10.8. The number of nitrogens with one attached hydrogen (secondary N) is 2. The molecule has 15 nitrogen and oxygen atoms in total. The number of amides is 5. The lowest BCUT2D eigenvalue weighted by atomic mass is 9.49. The Hall–Kier alpha value is -6.47. The van der Waals surface area contributed by atoms with E-state index < -0.39 is 46.3 Å². The van der Waals surface area contributed by atoms with Crippen LogP contribution < -0.4 is 25.2 Å². The number of benzene rings is 2. The molecule has 1 unspecified atom stereocenters. The number of hydrogen-bond acceptors (Lipinski definition) is 12. The van der Waals surface area contributed by atoms with E-state index in [4.69, 9.17) is 9.72 Å². The summed E-state index contributed by atoms with van der Waals surface area (Å²) in [6.45, 7) is 13.5. The first-order valence-electron chi connectivity index (χ1n) is 21.6. The molecule has 2 N–H and O–H groups in total. The predicted octanol–water partition coefficient (Wildman–Crippen LogP) is 4.69. The average molecular weight is 856 g/mol. The number of ether oxygens (including phenoxy) is 1. The molecular weight excluding hydrogens is 806 g/mol. The van der Waals surface area contributed by atoms with Crippen LogP contribution in [0.15, 0.2) is 60.9 Å². The third kappa shape index (κ3) is 7.41. The number of piperazine rings is 1. The highest BCUT2D eigenvalue weighted by Crippen LogP contribution is 2.56. The van der Waals surface area contributed by atoms with Crippen LogP contribution in [0.4, 0.5) is 15.9 Å². The Morgan fingerprint density at radius 3 is 2.29 bits per heavy atom. The van der Waals surface area contributed by atoms with Crippen molar-refractivity contribution in [2.75, 3.05) is 55.6 Å². The number of piperidine rings is 2. The first-order chi connectivity index (χ1) is 30.1. The number of hydrogen-bond donors (Lipinski definition) is 2. The van der Waals surface area contributed by atoms with Gasteiger partial charge in [-0.25, -0.2) is 9.37 Å². The number of pyridine rings is 2. The van der Waals surface area contributed by atoms with Crippen LogP contribution in [0.1, 0.15) is 90.0 Å². The number of carbonyl (C=O) groups is 5. The molecule has 1 atom stereocenters. The zero-order valence-corrected chi connectivity index (χ0v) is 35.8. The highest BCUT2D eigenvalue weighted by Gasteiger charge is 2.64. The molecule has 63 heavy (non-hydrogen) atoms. The second-order valence-corrected chi connectivity index (χ2v) is 18.6. The summed E-state index contributed by atoms with van der Waals surface area (Å²) in [5, 5.41) is 15.8. The van der Waals surface area contributed by atoms with Gasteiger partial charge in [0, 0.05) is 86.9 Å². The predicted molar refractivity (Wildman–Crippen MR) is 231 cm³/mol. The van der Waals surface area contributed by atoms with Gasteiger partial charge in [-0.05, 0) is 73.7 Å². The fraction of sp³-hybridized carbons (Fsp3) is 0.447. The Kier molecular flexibility index (Phi) is 10.6. The molecule has 6 heterocycles. The van der Waals surface area contributed by atoms with E-state index in [9.17, 15) is 29.2 Å². The standard InChI is InChI=1S/C47H50FN9O6/c1-46(2)44(47(3,4)45(46)63-36-10-7-28(24-49)39-30(36)6-5-15-50-39)53-40(59)29-8-11-37(51-25-29)56-16-13-27(14-17-56)26-54-18-20-55(21-19-54)35-23-32-31(22-33(35)48)42(61)57(43(32)62)34-9-12-38(58)52-41(34)60/h5-8,10-11,15,22-23,25,27,34,44-45H,9,12-14,16-21,26H2,1-4H3,(H,53,59)(H,52,58,60). The number of aromatic nitrogens is 2. The zero-order chi connectivity index (χ0) is 44.4. The molecule has 9 rings (SSSR count). The second-order valence-electron chi connectivity index (χ2n) is 18.6. The molecule has 4 fully saturated rings. The van der Waals surface area contributed by atoms with Gasteiger partial charge in [0.05, 0.1) is 33.5 Å². The van der Waals surface area contributed by atoms with Crippen LogP contribution in [0, 0.1) is 33.9 Å². The van der Waals surface area contributed by atoms with Crippen LogP contribution in [0.25, 0.3) is 10.9 Å². The number of carbonyl (C=O) groups excluding carboxylic acids is 5. The topological polar surface area (TPSA) is 181 Å². The summed E-state index contributed by atoms with van der Waals surface area (Å²) < 4.78 is 22.1. The van der Waals surface area contributed by atoms with Crippen molar-refractivity contribution in [3.8, 4) is 11.8 Å². The molecule has 2 aromatic heterocycles. The first-order valence-corrected chi connectivity index (χ1v) is 21.6. The molecule has 5 amide bonds. The van der Waals surface area contributed by atoms with Crippen molar-refractivity contribution in [3.05, 3.63) is 89.0 Å². The van der Waals surface area contributed by atoms with Crippen molar-refractivity contribution in [1.82, 2.24) is 30.4 Å². The molecular formula is C47H50FN9O6. The summed E-state index contributed by atoms with van der Waals surface area (Å²) >= 11 is 0. The summed E-state index contributed by atoms with van der Waals surface area (Å²) in [6, 6.07) is 14.5. The van der Waals surface area contributed by atoms with Crippen LogP contribution in [0.3, 0.4) is 0 Å². The molecule has 0 spiro atoms. The second kappa shape index (κ2) is 16.0. The molecule has 4 aromatic rings. The van der Waals surface area contributed by atoms with E-state index in [0.29, 0.717) is 54.5 Å². The van der Waals surface area contributed by atoms with Crippen LogP contribution >= 0.6 is 0 Å². The minimum Gasteiger partial charge on any atom is -0.488 e. The fourth-order valence-electron chi connectivity index (χ4n) is 10.8. The molecule has 2 aromatic carbocycles. The lowest BCUT2D eigenvalue weighted by Crippen LogP contribution is -2.74. The van der Waals surface area contributed by atoms with E-state index in [0.717, 1.165) is 54.6 Å². The van der Waals surface area contributed by atoms with Gasteiger partial charge in [0.25, 0.3) is 17.7 Å². The maximum atomic E-state index is 15.5. The lowest BCUT2D eigenvalue weighted by molar-refractivity contribution is -0.163. The van der Waals surface area contributed by atoms with Crippen molar-refractivity contribution < 1.29 is 33.1 Å². The summed E-state index contributed by atoms with van der Waals surface area (Å²) in [5.74, 6) is -1.36. The van der Waals surface area contributed by atoms with Crippen molar-refractivity contribution in [2.45, 2.75) is 71.6 Å². The smallest absolute Gasteiger partial charge is 0.262 e. The summed E-state index contributed by atoms with van der Waals surface area (Å²) in [6.07, 6.45) is 5.10. The van der Waals surface area contributed by atoms with Gasteiger partial charge in [0.1, 0.15) is 35.6 Å². The van der Waals surface area contributed by atoms with E-state index in [-0.39, 0.29) is 47.7 Å². The summed E-state index contributed by atoms with van der Waals surface area (Å²) in [7, 11) is 0.